The van der Waals surface area contributed by atoms with E-state index in [9.17, 15) is 0 Å². The number of hydrogen-bond donors (Lipinski definition) is 0. The first-order valence-corrected chi connectivity index (χ1v) is 8.96. The summed E-state index contributed by atoms with van der Waals surface area (Å²) < 4.78 is 7.97. The maximum atomic E-state index is 5.92. The third kappa shape index (κ3) is 3.79. The quantitative estimate of drug-likeness (QED) is 0.860. The van der Waals surface area contributed by atoms with E-state index in [1.165, 1.54) is 9.88 Å². The van der Waals surface area contributed by atoms with Crippen LogP contribution in [0, 0.1) is 0 Å². The van der Waals surface area contributed by atoms with Gasteiger partial charge in [0, 0.05) is 42.7 Å². The van der Waals surface area contributed by atoms with Crippen molar-refractivity contribution in [2.24, 2.45) is 0 Å². The molecule has 1 atom stereocenters. The topological polar surface area (TPSA) is 56.1 Å². The van der Waals surface area contributed by atoms with Crippen molar-refractivity contribution in [1.82, 2.24) is 24.6 Å². The highest BCUT2D eigenvalue weighted by Crippen LogP contribution is 2.28. The largest absolute Gasteiger partial charge is 0.368 e. The van der Waals surface area contributed by atoms with E-state index in [2.05, 4.69) is 52.3 Å². The number of hydrogen-bond acceptors (Lipinski definition) is 6. The van der Waals surface area contributed by atoms with Gasteiger partial charge in [-0.3, -0.25) is 4.90 Å². The molecule has 23 heavy (non-hydrogen) atoms. The monoisotopic (exact) mass is 335 g/mol. The van der Waals surface area contributed by atoms with Crippen LogP contribution in [0.3, 0.4) is 0 Å². The van der Waals surface area contributed by atoms with E-state index in [0.29, 0.717) is 0 Å². The lowest BCUT2D eigenvalue weighted by atomic mass is 9.98. The van der Waals surface area contributed by atoms with Crippen LogP contribution in [0.25, 0.3) is 0 Å². The number of aryl methyl sites for hydroxylation is 1. The van der Waals surface area contributed by atoms with Gasteiger partial charge in [-0.25, -0.2) is 4.98 Å². The van der Waals surface area contributed by atoms with E-state index in [-0.39, 0.29) is 11.5 Å². The van der Waals surface area contributed by atoms with Crippen LogP contribution in [-0.4, -0.2) is 44.3 Å². The molecule has 1 fully saturated rings. The van der Waals surface area contributed by atoms with Crippen molar-refractivity contribution < 1.29 is 4.74 Å². The van der Waals surface area contributed by atoms with Crippen molar-refractivity contribution in [2.75, 3.05) is 19.7 Å². The standard InChI is InChI=1S/C16H25N5OS/c1-5-21-11-18-19-14(21)13-10-20(6-7-22-13)9-12-8-17-15(23-12)16(2,3)4/h8,11,13H,5-7,9-10H2,1-4H3/t13-/m1/s1. The minimum Gasteiger partial charge on any atom is -0.368 e. The fourth-order valence-corrected chi connectivity index (χ4v) is 3.72. The third-order valence-electron chi connectivity index (χ3n) is 4.00. The smallest absolute Gasteiger partial charge is 0.163 e. The summed E-state index contributed by atoms with van der Waals surface area (Å²) in [7, 11) is 0. The molecule has 0 aromatic carbocycles. The van der Waals surface area contributed by atoms with Gasteiger partial charge in [-0.05, 0) is 6.92 Å². The molecule has 0 radical (unpaired) electrons. The fraction of sp³-hybridized carbons (Fsp3) is 0.688. The van der Waals surface area contributed by atoms with Crippen molar-refractivity contribution in [3.63, 3.8) is 0 Å². The van der Waals surface area contributed by atoms with E-state index in [1.807, 2.05) is 17.5 Å². The van der Waals surface area contributed by atoms with Crippen LogP contribution in [0.15, 0.2) is 12.5 Å². The van der Waals surface area contributed by atoms with Crippen LogP contribution in [0.4, 0.5) is 0 Å². The summed E-state index contributed by atoms with van der Waals surface area (Å²) in [6.45, 7) is 13.0. The van der Waals surface area contributed by atoms with Crippen molar-refractivity contribution in [2.45, 2.75) is 52.3 Å². The van der Waals surface area contributed by atoms with Crippen LogP contribution in [0.2, 0.25) is 0 Å². The highest BCUT2D eigenvalue weighted by atomic mass is 32.1. The van der Waals surface area contributed by atoms with Gasteiger partial charge >= 0.3 is 0 Å². The number of morpholine rings is 1. The Morgan fingerprint density at radius 2 is 2.22 bits per heavy atom. The van der Waals surface area contributed by atoms with Gasteiger partial charge < -0.3 is 9.30 Å². The van der Waals surface area contributed by atoms with E-state index >= 15 is 0 Å². The summed E-state index contributed by atoms with van der Waals surface area (Å²) in [5.74, 6) is 0.928. The molecular formula is C16H25N5OS. The number of nitrogens with zero attached hydrogens (tertiary/aromatic N) is 5. The summed E-state index contributed by atoms with van der Waals surface area (Å²) >= 11 is 1.81. The lowest BCUT2D eigenvalue weighted by Gasteiger charge is -2.32. The minimum atomic E-state index is 0.00112. The molecule has 3 rings (SSSR count). The number of thiazole rings is 1. The molecule has 0 amide bonds. The predicted octanol–water partition coefficient (Wildman–Crippen LogP) is 2.63. The fourth-order valence-electron chi connectivity index (χ4n) is 2.71. The average Bonchev–Trinajstić information content (AvgIpc) is 3.15. The molecule has 3 heterocycles. The maximum absolute atomic E-state index is 5.92. The van der Waals surface area contributed by atoms with Crippen LogP contribution in [-0.2, 0) is 23.2 Å². The zero-order valence-electron chi connectivity index (χ0n) is 14.3. The van der Waals surface area contributed by atoms with Crippen LogP contribution >= 0.6 is 11.3 Å². The Balaban J connectivity index is 1.66. The molecule has 0 saturated carbocycles. The van der Waals surface area contributed by atoms with Gasteiger partial charge in [0.1, 0.15) is 12.4 Å². The number of ether oxygens (including phenoxy) is 1. The summed E-state index contributed by atoms with van der Waals surface area (Å²) in [6, 6.07) is 0. The van der Waals surface area contributed by atoms with Gasteiger partial charge in [0.15, 0.2) is 5.82 Å². The van der Waals surface area contributed by atoms with Gasteiger partial charge in [-0.15, -0.1) is 21.5 Å². The van der Waals surface area contributed by atoms with Crippen molar-refractivity contribution in [1.29, 1.82) is 0 Å². The Hall–Kier alpha value is -1.31. The van der Waals surface area contributed by atoms with Gasteiger partial charge in [0.05, 0.1) is 11.6 Å². The molecule has 1 aliphatic rings. The number of rotatable bonds is 4. The Labute approximate surface area is 141 Å². The van der Waals surface area contributed by atoms with Gasteiger partial charge in [-0.1, -0.05) is 20.8 Å². The van der Waals surface area contributed by atoms with E-state index in [4.69, 9.17) is 4.74 Å². The van der Waals surface area contributed by atoms with E-state index < -0.39 is 0 Å². The molecule has 2 aromatic heterocycles. The molecule has 0 spiro atoms. The SMILES string of the molecule is CCn1cnnc1[C@H]1CN(Cc2cnc(C(C)(C)C)s2)CCO1. The van der Waals surface area contributed by atoms with Crippen LogP contribution in [0.5, 0.6) is 0 Å². The average molecular weight is 335 g/mol. The van der Waals surface area contributed by atoms with Gasteiger partial charge in [-0.2, -0.15) is 0 Å². The lowest BCUT2D eigenvalue weighted by molar-refractivity contribution is -0.0386. The van der Waals surface area contributed by atoms with Crippen molar-refractivity contribution in [3.05, 3.63) is 28.2 Å². The normalized spacial score (nSPS) is 20.1. The molecule has 126 valence electrons. The Kier molecular flexibility index (Phi) is 4.79. The third-order valence-corrected chi connectivity index (χ3v) is 5.41. The van der Waals surface area contributed by atoms with Crippen molar-refractivity contribution in [3.8, 4) is 0 Å². The second kappa shape index (κ2) is 6.67. The Morgan fingerprint density at radius 1 is 1.39 bits per heavy atom. The molecule has 1 saturated heterocycles. The summed E-state index contributed by atoms with van der Waals surface area (Å²) in [6.07, 6.45) is 3.79. The van der Waals surface area contributed by atoms with E-state index in [1.54, 1.807) is 6.33 Å². The second-order valence-corrected chi connectivity index (χ2v) is 8.07. The summed E-state index contributed by atoms with van der Waals surface area (Å²) in [5.41, 5.74) is 0.119. The molecule has 2 aromatic rings. The number of aromatic nitrogens is 4. The Morgan fingerprint density at radius 3 is 2.91 bits per heavy atom. The van der Waals surface area contributed by atoms with E-state index in [0.717, 1.165) is 38.6 Å². The highest BCUT2D eigenvalue weighted by Gasteiger charge is 2.26. The molecule has 7 heteroatoms. The van der Waals surface area contributed by atoms with Crippen molar-refractivity contribution >= 4 is 11.3 Å². The van der Waals surface area contributed by atoms with Crippen LogP contribution in [0.1, 0.15) is 49.5 Å². The molecule has 6 nitrogen and oxygen atoms in total. The second-order valence-electron chi connectivity index (χ2n) is 6.95. The van der Waals surface area contributed by atoms with Gasteiger partial charge in [0.25, 0.3) is 0 Å². The van der Waals surface area contributed by atoms with Gasteiger partial charge in [0.2, 0.25) is 0 Å². The van der Waals surface area contributed by atoms with Crippen LogP contribution < -0.4 is 0 Å². The first-order chi connectivity index (χ1) is 11.0. The minimum absolute atomic E-state index is 0.00112. The molecule has 1 aliphatic heterocycles. The lowest BCUT2D eigenvalue weighted by Crippen LogP contribution is -2.38. The molecular weight excluding hydrogens is 310 g/mol. The zero-order chi connectivity index (χ0) is 16.4. The first-order valence-electron chi connectivity index (χ1n) is 8.14. The molecule has 0 N–H and O–H groups in total. The summed E-state index contributed by atoms with van der Waals surface area (Å²) in [4.78, 5) is 8.32. The highest BCUT2D eigenvalue weighted by molar-refractivity contribution is 7.11. The molecule has 0 aliphatic carbocycles. The zero-order valence-corrected chi connectivity index (χ0v) is 15.1. The Bertz CT molecular complexity index is 645. The maximum Gasteiger partial charge on any atom is 0.163 e. The summed E-state index contributed by atoms with van der Waals surface area (Å²) in [5, 5.41) is 9.45. The molecule has 0 unspecified atom stereocenters. The first kappa shape index (κ1) is 16.5. The molecule has 0 bridgehead atoms. The predicted molar refractivity (Wildman–Crippen MR) is 90.5 cm³/mol.